The average Bonchev–Trinajstić information content (AvgIpc) is 2.37. The number of carbonyl (C=O) groups is 1. The summed E-state index contributed by atoms with van der Waals surface area (Å²) in [6.45, 7) is 2.58. The van der Waals surface area contributed by atoms with Crippen LogP contribution < -0.4 is 12.4 Å². The zero-order valence-electron chi connectivity index (χ0n) is 10.3. The molecule has 6 nitrogen and oxygen atoms in total. The summed E-state index contributed by atoms with van der Waals surface area (Å²) >= 11 is 0. The van der Waals surface area contributed by atoms with E-state index in [1.807, 2.05) is 0 Å². The predicted octanol–water partition coefficient (Wildman–Crippen LogP) is -1.26. The Kier molecular flexibility index (Phi) is 5.00. The lowest BCUT2D eigenvalue weighted by atomic mass is 10.0. The van der Waals surface area contributed by atoms with E-state index in [0.29, 0.717) is 25.1 Å². The van der Waals surface area contributed by atoms with Crippen LogP contribution in [0.15, 0.2) is 18.2 Å². The molecule has 0 N–H and O–H groups in total. The van der Waals surface area contributed by atoms with Crippen LogP contribution in [0, 0.1) is 10.1 Å². The second-order valence-corrected chi connectivity index (χ2v) is 3.91. The highest BCUT2D eigenvalue weighted by Crippen LogP contribution is 2.19. The Morgan fingerprint density at radius 3 is 2.89 bits per heavy atom. The van der Waals surface area contributed by atoms with Crippen molar-refractivity contribution in [1.29, 1.82) is 0 Å². The largest absolute Gasteiger partial charge is 1.00 e. The molecular weight excluding hydrogens is 272 g/mol. The molecule has 1 aliphatic rings. The number of amides is 1. The molecule has 0 unspecified atom stereocenters. The lowest BCUT2D eigenvalue weighted by Gasteiger charge is -2.10. The molecule has 0 radical (unpaired) electrons. The number of carbonyl (C=O) groups excluding carboxylic acids is 1. The van der Waals surface area contributed by atoms with Gasteiger partial charge in [-0.15, -0.1) is 4.58 Å². The Labute approximate surface area is 116 Å². The van der Waals surface area contributed by atoms with Gasteiger partial charge in [-0.05, 0) is 12.5 Å². The number of nitro benzene ring substituents is 1. The predicted molar refractivity (Wildman–Crippen MR) is 64.1 cm³/mol. The Morgan fingerprint density at radius 1 is 1.53 bits per heavy atom. The van der Waals surface area contributed by atoms with Gasteiger partial charge in [0.15, 0.2) is 12.8 Å². The number of rotatable bonds is 2. The van der Waals surface area contributed by atoms with E-state index in [4.69, 9.17) is 4.74 Å². The van der Waals surface area contributed by atoms with Crippen LogP contribution in [0.3, 0.4) is 0 Å². The minimum Gasteiger partial charge on any atom is -1.00 e. The third-order valence-corrected chi connectivity index (χ3v) is 2.76. The maximum Gasteiger partial charge on any atom is 0.596 e. The third kappa shape index (κ3) is 3.29. The fourth-order valence-electron chi connectivity index (χ4n) is 1.87. The zero-order valence-corrected chi connectivity index (χ0v) is 11.1. The molecule has 2 rings (SSSR count). The maximum atomic E-state index is 11.6. The van der Waals surface area contributed by atoms with Gasteiger partial charge in [0.25, 0.3) is 5.69 Å². The Balaban J connectivity index is 0.00000180. The van der Waals surface area contributed by atoms with E-state index in [1.54, 1.807) is 19.2 Å². The number of nitro groups is 1. The summed E-state index contributed by atoms with van der Waals surface area (Å²) in [5, 5.41) is 10.7. The maximum absolute atomic E-state index is 11.6. The first kappa shape index (κ1) is 15.1. The van der Waals surface area contributed by atoms with Crippen molar-refractivity contribution in [2.24, 2.45) is 0 Å². The van der Waals surface area contributed by atoms with Crippen LogP contribution in [0.1, 0.15) is 18.1 Å². The fraction of sp³-hybridized carbons (Fsp3) is 0.333. The van der Waals surface area contributed by atoms with Crippen LogP contribution in [0.25, 0.3) is 0 Å². The second-order valence-electron chi connectivity index (χ2n) is 3.91. The van der Waals surface area contributed by atoms with Gasteiger partial charge < -0.3 is 17.1 Å². The molecule has 0 saturated heterocycles. The van der Waals surface area contributed by atoms with Gasteiger partial charge in [-0.1, -0.05) is 6.07 Å². The Bertz CT molecular complexity index is 543. The molecule has 0 saturated carbocycles. The van der Waals surface area contributed by atoms with Crippen LogP contribution in [-0.4, -0.2) is 35.0 Å². The van der Waals surface area contributed by atoms with E-state index >= 15 is 0 Å². The molecule has 1 aromatic carbocycles. The number of ether oxygens (including phenoxy) is 1. The SMILES string of the molecule is CCOC(=O)[N+]1=Cc2cc([N+](=O)[O-])ccc2CC1.[Cl-]. The second kappa shape index (κ2) is 6.29. The number of hydrogen-bond donors (Lipinski definition) is 0. The van der Waals surface area contributed by atoms with Gasteiger partial charge in [0.1, 0.15) is 0 Å². The van der Waals surface area contributed by atoms with Gasteiger partial charge in [-0.3, -0.25) is 10.1 Å². The van der Waals surface area contributed by atoms with Crippen LogP contribution in [0.4, 0.5) is 10.5 Å². The Morgan fingerprint density at radius 2 is 2.26 bits per heavy atom. The molecule has 0 aliphatic carbocycles. The average molecular weight is 285 g/mol. The molecule has 1 amide bonds. The van der Waals surface area contributed by atoms with Crippen molar-refractivity contribution in [1.82, 2.24) is 0 Å². The lowest BCUT2D eigenvalue weighted by Crippen LogP contribution is -3.00. The molecule has 1 heterocycles. The summed E-state index contributed by atoms with van der Waals surface area (Å²) in [5.41, 5.74) is 1.72. The number of hydrogen-bond acceptors (Lipinski definition) is 4. The van der Waals surface area contributed by atoms with Gasteiger partial charge in [0.2, 0.25) is 0 Å². The third-order valence-electron chi connectivity index (χ3n) is 2.76. The highest BCUT2D eigenvalue weighted by molar-refractivity contribution is 5.83. The first-order valence-corrected chi connectivity index (χ1v) is 5.67. The first-order chi connectivity index (χ1) is 8.61. The lowest BCUT2D eigenvalue weighted by molar-refractivity contribution is -0.442. The highest BCUT2D eigenvalue weighted by Gasteiger charge is 2.25. The topological polar surface area (TPSA) is 72.5 Å². The van der Waals surface area contributed by atoms with Gasteiger partial charge in [-0.25, -0.2) is 0 Å². The van der Waals surface area contributed by atoms with Crippen molar-refractivity contribution in [2.45, 2.75) is 13.3 Å². The smallest absolute Gasteiger partial charge is 0.596 e. The summed E-state index contributed by atoms with van der Waals surface area (Å²) in [4.78, 5) is 21.8. The van der Waals surface area contributed by atoms with Gasteiger partial charge in [0.05, 0.1) is 11.5 Å². The van der Waals surface area contributed by atoms with Crippen LogP contribution >= 0.6 is 0 Å². The zero-order chi connectivity index (χ0) is 13.1. The Hall–Kier alpha value is -1.95. The standard InChI is InChI=1S/C12H13N2O4.ClH/c1-2-18-12(15)13-6-5-9-3-4-11(14(16)17)7-10(9)8-13;/h3-4,7-8H,2,5-6H2,1H3;1H/q+1;/p-1. The number of fused-ring (bicyclic) bond motifs is 1. The number of benzene rings is 1. The molecule has 0 spiro atoms. The summed E-state index contributed by atoms with van der Waals surface area (Å²) < 4.78 is 6.34. The van der Waals surface area contributed by atoms with Crippen molar-refractivity contribution in [3.05, 3.63) is 39.4 Å². The fourth-order valence-corrected chi connectivity index (χ4v) is 1.87. The molecule has 7 heteroatoms. The summed E-state index contributed by atoms with van der Waals surface area (Å²) in [5.74, 6) is 0. The number of non-ortho nitro benzene ring substituents is 1. The van der Waals surface area contributed by atoms with E-state index in [2.05, 4.69) is 0 Å². The summed E-state index contributed by atoms with van der Waals surface area (Å²) in [7, 11) is 0. The number of halogens is 1. The highest BCUT2D eigenvalue weighted by atomic mass is 35.5. The van der Waals surface area contributed by atoms with Crippen molar-refractivity contribution in [3.63, 3.8) is 0 Å². The van der Waals surface area contributed by atoms with Gasteiger partial charge in [-0.2, -0.15) is 4.79 Å². The van der Waals surface area contributed by atoms with Gasteiger partial charge in [0, 0.05) is 24.1 Å². The van der Waals surface area contributed by atoms with Crippen LogP contribution in [-0.2, 0) is 11.2 Å². The quantitative estimate of drug-likeness (QED) is 0.386. The van der Waals surface area contributed by atoms with E-state index < -0.39 is 11.0 Å². The number of nitrogens with zero attached hydrogens (tertiary/aromatic N) is 2. The molecule has 0 fully saturated rings. The van der Waals surface area contributed by atoms with Crippen molar-refractivity contribution in [3.8, 4) is 0 Å². The minimum absolute atomic E-state index is 0. The molecule has 102 valence electrons. The van der Waals surface area contributed by atoms with E-state index in [1.165, 1.54) is 16.7 Å². The summed E-state index contributed by atoms with van der Waals surface area (Å²) in [6.07, 6.45) is 1.85. The molecule has 0 atom stereocenters. The molecule has 1 aliphatic heterocycles. The van der Waals surface area contributed by atoms with E-state index in [0.717, 1.165) is 5.56 Å². The molecule has 0 aromatic heterocycles. The van der Waals surface area contributed by atoms with Crippen molar-refractivity contribution < 1.29 is 31.4 Å². The monoisotopic (exact) mass is 284 g/mol. The van der Waals surface area contributed by atoms with Crippen molar-refractivity contribution >= 4 is 18.0 Å². The van der Waals surface area contributed by atoms with Crippen LogP contribution in [0.2, 0.25) is 0 Å². The minimum atomic E-state index is -0.447. The van der Waals surface area contributed by atoms with Crippen molar-refractivity contribution in [2.75, 3.05) is 13.2 Å². The summed E-state index contributed by atoms with van der Waals surface area (Å²) in [6, 6.07) is 4.68. The molecular formula is C12H13ClN2O4. The van der Waals surface area contributed by atoms with Gasteiger partial charge >= 0.3 is 6.09 Å². The molecule has 0 bridgehead atoms. The molecule has 19 heavy (non-hydrogen) atoms. The van der Waals surface area contributed by atoms with E-state index in [9.17, 15) is 14.9 Å². The normalized spacial score (nSPS) is 12.8. The first-order valence-electron chi connectivity index (χ1n) is 5.67. The molecule has 1 aromatic rings. The van der Waals surface area contributed by atoms with E-state index in [-0.39, 0.29) is 18.1 Å². The van der Waals surface area contributed by atoms with Crippen LogP contribution in [0.5, 0.6) is 0 Å².